The zero-order chi connectivity index (χ0) is 25.4. The Morgan fingerprint density at radius 2 is 1.43 bits per heavy atom. The Kier molecular flexibility index (Phi) is 5.87. The van der Waals surface area contributed by atoms with Crippen molar-refractivity contribution in [3.8, 4) is 22.6 Å². The smallest absolute Gasteiger partial charge is 0.249 e. The van der Waals surface area contributed by atoms with Crippen LogP contribution in [-0.2, 0) is 6.54 Å². The van der Waals surface area contributed by atoms with Crippen molar-refractivity contribution in [1.82, 2.24) is 4.57 Å². The summed E-state index contributed by atoms with van der Waals surface area (Å²) in [6.45, 7) is 0.623. The molecule has 5 heteroatoms. The van der Waals surface area contributed by atoms with Crippen LogP contribution in [0.25, 0.3) is 32.9 Å². The first kappa shape index (κ1) is 22.9. The average molecular weight is 503 g/mol. The number of hydrogen-bond donors (Lipinski definition) is 1. The number of aromatic nitrogens is 1. The molecule has 0 unspecified atom stereocenters. The highest BCUT2D eigenvalue weighted by atomic mass is 35.5. The Hall–Kier alpha value is -4.54. The molecule has 0 saturated carbocycles. The van der Waals surface area contributed by atoms with E-state index in [1.54, 1.807) is 6.07 Å². The lowest BCUT2D eigenvalue weighted by atomic mass is 10.0. The zero-order valence-electron chi connectivity index (χ0n) is 19.9. The molecule has 0 aliphatic carbocycles. The third-order valence-corrected chi connectivity index (χ3v) is 6.83. The fourth-order valence-corrected chi connectivity index (χ4v) is 4.94. The number of primary amides is 1. The fourth-order valence-electron chi connectivity index (χ4n) is 4.81. The first-order chi connectivity index (χ1) is 18.1. The molecule has 0 fully saturated rings. The summed E-state index contributed by atoms with van der Waals surface area (Å²) >= 11 is 6.11. The molecule has 0 bridgehead atoms. The number of nitrogens with two attached hydrogens (primary N) is 1. The van der Waals surface area contributed by atoms with Gasteiger partial charge in [-0.05, 0) is 71.3 Å². The molecule has 0 saturated heterocycles. The fraction of sp³-hybridized carbons (Fsp3) is 0.0312. The van der Waals surface area contributed by atoms with Crippen LogP contribution in [0.3, 0.4) is 0 Å². The van der Waals surface area contributed by atoms with Crippen LogP contribution in [0.2, 0.25) is 5.02 Å². The van der Waals surface area contributed by atoms with E-state index < -0.39 is 5.91 Å². The van der Waals surface area contributed by atoms with Crippen LogP contribution in [0.15, 0.2) is 115 Å². The van der Waals surface area contributed by atoms with Crippen LogP contribution >= 0.6 is 11.6 Å². The summed E-state index contributed by atoms with van der Waals surface area (Å²) in [4.78, 5) is 12.3. The van der Waals surface area contributed by atoms with E-state index in [0.717, 1.165) is 50.0 Å². The van der Waals surface area contributed by atoms with E-state index in [-0.39, 0.29) is 0 Å². The molecule has 1 heterocycles. The van der Waals surface area contributed by atoms with E-state index in [2.05, 4.69) is 34.9 Å². The van der Waals surface area contributed by atoms with Crippen LogP contribution in [0.1, 0.15) is 15.9 Å². The lowest BCUT2D eigenvalue weighted by Crippen LogP contribution is -2.11. The van der Waals surface area contributed by atoms with Gasteiger partial charge in [0.05, 0.1) is 11.0 Å². The van der Waals surface area contributed by atoms with Gasteiger partial charge in [-0.25, -0.2) is 0 Å². The van der Waals surface area contributed by atoms with E-state index >= 15 is 0 Å². The van der Waals surface area contributed by atoms with E-state index in [1.807, 2.05) is 78.9 Å². The summed E-state index contributed by atoms with van der Waals surface area (Å²) < 4.78 is 8.20. The zero-order valence-corrected chi connectivity index (χ0v) is 20.7. The molecule has 0 aliphatic rings. The molecular weight excluding hydrogens is 480 g/mol. The normalized spacial score (nSPS) is 11.2. The predicted octanol–water partition coefficient (Wildman–Crippen LogP) is 8.05. The van der Waals surface area contributed by atoms with Gasteiger partial charge in [-0.1, -0.05) is 72.3 Å². The Morgan fingerprint density at radius 3 is 2.16 bits per heavy atom. The predicted molar refractivity (Wildman–Crippen MR) is 150 cm³/mol. The monoisotopic (exact) mass is 502 g/mol. The average Bonchev–Trinajstić information content (AvgIpc) is 3.23. The van der Waals surface area contributed by atoms with Crippen molar-refractivity contribution in [2.45, 2.75) is 6.54 Å². The van der Waals surface area contributed by atoms with Gasteiger partial charge < -0.3 is 15.0 Å². The third kappa shape index (κ3) is 4.44. The molecule has 37 heavy (non-hydrogen) atoms. The van der Waals surface area contributed by atoms with E-state index in [4.69, 9.17) is 22.1 Å². The number of rotatable bonds is 6. The van der Waals surface area contributed by atoms with Gasteiger partial charge in [0.2, 0.25) is 5.91 Å². The minimum atomic E-state index is -0.436. The van der Waals surface area contributed by atoms with E-state index in [1.165, 1.54) is 0 Å². The maximum Gasteiger partial charge on any atom is 0.249 e. The van der Waals surface area contributed by atoms with Crippen molar-refractivity contribution >= 4 is 39.3 Å². The van der Waals surface area contributed by atoms with Crippen LogP contribution in [0.5, 0.6) is 11.5 Å². The van der Waals surface area contributed by atoms with Gasteiger partial charge in [-0.3, -0.25) is 4.79 Å². The number of carbonyl (C=O) groups is 1. The quantitative estimate of drug-likeness (QED) is 0.250. The van der Waals surface area contributed by atoms with Crippen molar-refractivity contribution in [2.24, 2.45) is 5.73 Å². The molecular formula is C32H23ClN2O2. The van der Waals surface area contributed by atoms with Gasteiger partial charge >= 0.3 is 0 Å². The van der Waals surface area contributed by atoms with Crippen LogP contribution < -0.4 is 10.5 Å². The second-order valence-electron chi connectivity index (χ2n) is 8.95. The lowest BCUT2D eigenvalue weighted by Gasteiger charge is -2.11. The highest BCUT2D eigenvalue weighted by molar-refractivity contribution is 6.30. The second kappa shape index (κ2) is 9.49. The SMILES string of the molecule is NC(=O)c1cccc2c1c1ccc(-c3ccc(Cl)cc3)cc1n2Cc1ccc(Oc2ccccc2)cc1. The van der Waals surface area contributed by atoms with Gasteiger partial charge in [0.1, 0.15) is 11.5 Å². The van der Waals surface area contributed by atoms with Gasteiger partial charge in [0, 0.05) is 27.9 Å². The Balaban J connectivity index is 1.45. The number of para-hydroxylation sites is 1. The third-order valence-electron chi connectivity index (χ3n) is 6.58. The van der Waals surface area contributed by atoms with Crippen LogP contribution in [-0.4, -0.2) is 10.5 Å². The number of nitrogens with zero attached hydrogens (tertiary/aromatic N) is 1. The van der Waals surface area contributed by atoms with Crippen molar-refractivity contribution in [3.63, 3.8) is 0 Å². The number of benzene rings is 5. The molecule has 5 aromatic carbocycles. The summed E-state index contributed by atoms with van der Waals surface area (Å²) in [6.07, 6.45) is 0. The minimum absolute atomic E-state index is 0.436. The van der Waals surface area contributed by atoms with Crippen molar-refractivity contribution in [2.75, 3.05) is 0 Å². The molecule has 6 aromatic rings. The molecule has 0 spiro atoms. The van der Waals surface area contributed by atoms with Crippen LogP contribution in [0, 0.1) is 0 Å². The van der Waals surface area contributed by atoms with Crippen molar-refractivity contribution in [1.29, 1.82) is 0 Å². The maximum absolute atomic E-state index is 12.3. The van der Waals surface area contributed by atoms with Crippen LogP contribution in [0.4, 0.5) is 0 Å². The Labute approximate surface area is 219 Å². The van der Waals surface area contributed by atoms with Gasteiger partial charge in [-0.15, -0.1) is 0 Å². The summed E-state index contributed by atoms with van der Waals surface area (Å²) in [5, 5.41) is 2.56. The molecule has 0 atom stereocenters. The second-order valence-corrected chi connectivity index (χ2v) is 9.38. The minimum Gasteiger partial charge on any atom is -0.457 e. The standard InChI is InChI=1S/C32H23ClN2O2/c33-24-14-11-22(12-15-24)23-13-18-27-30(19-23)35(29-8-4-7-28(31(27)29)32(34)36)20-21-9-16-26(17-10-21)37-25-5-2-1-3-6-25/h1-19H,20H2,(H2,34,36). The van der Waals surface area contributed by atoms with Crippen molar-refractivity contribution in [3.05, 3.63) is 131 Å². The molecule has 0 aliphatic heterocycles. The maximum atomic E-state index is 12.3. The lowest BCUT2D eigenvalue weighted by molar-refractivity contribution is 0.100. The molecule has 1 aromatic heterocycles. The highest BCUT2D eigenvalue weighted by Crippen LogP contribution is 2.35. The number of amides is 1. The number of hydrogen-bond acceptors (Lipinski definition) is 2. The molecule has 1 amide bonds. The molecule has 0 radical (unpaired) electrons. The van der Waals surface area contributed by atoms with Gasteiger partial charge in [0.25, 0.3) is 0 Å². The highest BCUT2D eigenvalue weighted by Gasteiger charge is 2.17. The summed E-state index contributed by atoms with van der Waals surface area (Å²) in [5.74, 6) is 1.14. The van der Waals surface area contributed by atoms with Crippen molar-refractivity contribution < 1.29 is 9.53 Å². The molecule has 2 N–H and O–H groups in total. The van der Waals surface area contributed by atoms with Gasteiger partial charge in [-0.2, -0.15) is 0 Å². The Morgan fingerprint density at radius 1 is 0.730 bits per heavy atom. The van der Waals surface area contributed by atoms with E-state index in [0.29, 0.717) is 17.1 Å². The topological polar surface area (TPSA) is 57.2 Å². The largest absolute Gasteiger partial charge is 0.457 e. The molecule has 180 valence electrons. The molecule has 6 rings (SSSR count). The number of carbonyl (C=O) groups excluding carboxylic acids is 1. The first-order valence-electron chi connectivity index (χ1n) is 12.0. The summed E-state index contributed by atoms with van der Waals surface area (Å²) in [6, 6.07) is 37.6. The number of ether oxygens (including phenoxy) is 1. The summed E-state index contributed by atoms with van der Waals surface area (Å²) in [7, 11) is 0. The molecule has 4 nitrogen and oxygen atoms in total. The van der Waals surface area contributed by atoms with Gasteiger partial charge in [0.15, 0.2) is 0 Å². The first-order valence-corrected chi connectivity index (χ1v) is 12.4. The number of fused-ring (bicyclic) bond motifs is 3. The van der Waals surface area contributed by atoms with E-state index in [9.17, 15) is 4.79 Å². The summed E-state index contributed by atoms with van der Waals surface area (Å²) in [5.41, 5.74) is 11.5. The number of halogens is 1. The Bertz CT molecular complexity index is 1740.